The van der Waals surface area contributed by atoms with Crippen LogP contribution in [0.3, 0.4) is 0 Å². The number of rotatable bonds is 4. The predicted octanol–water partition coefficient (Wildman–Crippen LogP) is 0.229. The predicted molar refractivity (Wildman–Crippen MR) is 45.4 cm³/mol. The van der Waals surface area contributed by atoms with Gasteiger partial charge in [0, 0.05) is 14.1 Å². The molecule has 0 spiro atoms. The molecular weight excluding hydrogens is 176 g/mol. The molecule has 0 radical (unpaired) electrons. The van der Waals surface area contributed by atoms with Crippen molar-refractivity contribution in [3.05, 3.63) is 22.0 Å². The van der Waals surface area contributed by atoms with E-state index in [4.69, 9.17) is 0 Å². The van der Waals surface area contributed by atoms with Crippen molar-refractivity contribution < 1.29 is 14.5 Å². The van der Waals surface area contributed by atoms with Crippen LogP contribution in [-0.4, -0.2) is 36.5 Å². The summed E-state index contributed by atoms with van der Waals surface area (Å²) in [4.78, 5) is 22.0. The standard InChI is InChI=1S/C7H12N2O4/c1-4-13-7(10)6(9(11)12)5-8(2)3/h5H,4H2,1-3H3/b6-5+. The zero-order valence-electron chi connectivity index (χ0n) is 7.81. The Morgan fingerprint density at radius 3 is 2.46 bits per heavy atom. The molecule has 74 valence electrons. The van der Waals surface area contributed by atoms with Crippen LogP contribution >= 0.6 is 0 Å². The Bertz CT molecular complexity index is 235. The summed E-state index contributed by atoms with van der Waals surface area (Å²) in [6.45, 7) is 1.71. The Kier molecular flexibility index (Phi) is 4.50. The molecule has 0 fully saturated rings. The highest BCUT2D eigenvalue weighted by atomic mass is 16.6. The highest BCUT2D eigenvalue weighted by Crippen LogP contribution is 1.99. The van der Waals surface area contributed by atoms with Crippen LogP contribution in [0.15, 0.2) is 11.9 Å². The van der Waals surface area contributed by atoms with Crippen molar-refractivity contribution >= 4 is 5.97 Å². The largest absolute Gasteiger partial charge is 0.458 e. The summed E-state index contributed by atoms with van der Waals surface area (Å²) in [5.74, 6) is -0.916. The van der Waals surface area contributed by atoms with Gasteiger partial charge in [0.15, 0.2) is 0 Å². The van der Waals surface area contributed by atoms with E-state index in [2.05, 4.69) is 4.74 Å². The van der Waals surface area contributed by atoms with Crippen molar-refractivity contribution in [2.45, 2.75) is 6.92 Å². The van der Waals surface area contributed by atoms with Crippen LogP contribution in [0.2, 0.25) is 0 Å². The minimum atomic E-state index is -0.916. The number of esters is 1. The van der Waals surface area contributed by atoms with Gasteiger partial charge in [0.2, 0.25) is 0 Å². The Morgan fingerprint density at radius 2 is 2.15 bits per heavy atom. The summed E-state index contributed by atoms with van der Waals surface area (Å²) in [7, 11) is 3.17. The Labute approximate surface area is 75.9 Å². The molecule has 0 aromatic rings. The van der Waals surface area contributed by atoms with Gasteiger partial charge in [-0.15, -0.1) is 0 Å². The average Bonchev–Trinajstić information content (AvgIpc) is 1.99. The molecule has 0 heterocycles. The van der Waals surface area contributed by atoms with Crippen LogP contribution in [0.4, 0.5) is 0 Å². The molecule has 0 aliphatic heterocycles. The Balaban J connectivity index is 4.61. The third-order valence-electron chi connectivity index (χ3n) is 1.06. The molecule has 0 amide bonds. The highest BCUT2D eigenvalue weighted by molar-refractivity contribution is 5.85. The molecule has 0 saturated carbocycles. The van der Waals surface area contributed by atoms with Gasteiger partial charge in [-0.1, -0.05) is 0 Å². The molecule has 0 aliphatic carbocycles. The first-order valence-electron chi connectivity index (χ1n) is 3.68. The quantitative estimate of drug-likeness (QED) is 0.273. The summed E-state index contributed by atoms with van der Waals surface area (Å²) in [5.41, 5.74) is -0.563. The van der Waals surface area contributed by atoms with E-state index in [9.17, 15) is 14.9 Å². The monoisotopic (exact) mass is 188 g/mol. The molecule has 0 unspecified atom stereocenters. The first kappa shape index (κ1) is 11.4. The number of carbonyl (C=O) groups excluding carboxylic acids is 1. The molecule has 0 aromatic heterocycles. The van der Waals surface area contributed by atoms with Crippen LogP contribution in [0.25, 0.3) is 0 Å². The fourth-order valence-electron chi connectivity index (χ4n) is 0.624. The van der Waals surface area contributed by atoms with Crippen molar-refractivity contribution in [3.63, 3.8) is 0 Å². The number of hydrogen-bond donors (Lipinski definition) is 0. The molecule has 0 aromatic carbocycles. The van der Waals surface area contributed by atoms with Gasteiger partial charge in [-0.2, -0.15) is 0 Å². The topological polar surface area (TPSA) is 72.7 Å². The van der Waals surface area contributed by atoms with Gasteiger partial charge in [0.1, 0.15) is 0 Å². The second-order valence-electron chi connectivity index (χ2n) is 2.46. The second-order valence-corrected chi connectivity index (χ2v) is 2.46. The van der Waals surface area contributed by atoms with Gasteiger partial charge in [-0.05, 0) is 6.92 Å². The van der Waals surface area contributed by atoms with E-state index in [0.717, 1.165) is 6.20 Å². The molecule has 0 rings (SSSR count). The van der Waals surface area contributed by atoms with E-state index >= 15 is 0 Å². The highest BCUT2D eigenvalue weighted by Gasteiger charge is 2.23. The van der Waals surface area contributed by atoms with E-state index in [-0.39, 0.29) is 6.61 Å². The number of hydrogen-bond acceptors (Lipinski definition) is 5. The molecule has 6 heteroatoms. The Morgan fingerprint density at radius 1 is 1.62 bits per heavy atom. The Hall–Kier alpha value is -1.59. The third-order valence-corrected chi connectivity index (χ3v) is 1.06. The summed E-state index contributed by atoms with van der Waals surface area (Å²) >= 11 is 0. The van der Waals surface area contributed by atoms with Crippen LogP contribution < -0.4 is 0 Å². The van der Waals surface area contributed by atoms with E-state index in [0.29, 0.717) is 0 Å². The average molecular weight is 188 g/mol. The lowest BCUT2D eigenvalue weighted by molar-refractivity contribution is -0.422. The van der Waals surface area contributed by atoms with Crippen molar-refractivity contribution in [3.8, 4) is 0 Å². The van der Waals surface area contributed by atoms with Gasteiger partial charge < -0.3 is 9.64 Å². The van der Waals surface area contributed by atoms with Gasteiger partial charge in [-0.3, -0.25) is 10.1 Å². The summed E-state index contributed by atoms with van der Waals surface area (Å²) in [6, 6.07) is 0. The van der Waals surface area contributed by atoms with Gasteiger partial charge in [-0.25, -0.2) is 4.79 Å². The molecule has 6 nitrogen and oxygen atoms in total. The number of nitro groups is 1. The van der Waals surface area contributed by atoms with E-state index in [1.807, 2.05) is 0 Å². The fourth-order valence-corrected chi connectivity index (χ4v) is 0.624. The van der Waals surface area contributed by atoms with Crippen molar-refractivity contribution in [1.82, 2.24) is 4.90 Å². The lowest BCUT2D eigenvalue weighted by Gasteiger charge is -2.04. The first-order chi connectivity index (χ1) is 5.99. The molecule has 0 atom stereocenters. The number of ether oxygens (including phenoxy) is 1. The van der Waals surface area contributed by atoms with Gasteiger partial charge in [0.05, 0.1) is 17.7 Å². The zero-order valence-corrected chi connectivity index (χ0v) is 7.81. The van der Waals surface area contributed by atoms with Crippen molar-refractivity contribution in [2.75, 3.05) is 20.7 Å². The van der Waals surface area contributed by atoms with E-state index in [1.54, 1.807) is 21.0 Å². The van der Waals surface area contributed by atoms with Crippen LogP contribution in [-0.2, 0) is 9.53 Å². The molecular formula is C7H12N2O4. The summed E-state index contributed by atoms with van der Waals surface area (Å²) in [5, 5.41) is 10.4. The van der Waals surface area contributed by atoms with Crippen LogP contribution in [0.5, 0.6) is 0 Å². The molecule has 0 saturated heterocycles. The minimum absolute atomic E-state index is 0.122. The normalized spacial score (nSPS) is 10.8. The van der Waals surface area contributed by atoms with Crippen molar-refractivity contribution in [1.29, 1.82) is 0 Å². The van der Waals surface area contributed by atoms with Crippen LogP contribution in [0, 0.1) is 10.1 Å². The fraction of sp³-hybridized carbons (Fsp3) is 0.571. The lowest BCUT2D eigenvalue weighted by Crippen LogP contribution is -2.18. The maximum absolute atomic E-state index is 11.0. The SMILES string of the molecule is CCOC(=O)/C(=C\N(C)C)[N+](=O)[O-]. The minimum Gasteiger partial charge on any atom is -0.458 e. The molecule has 13 heavy (non-hydrogen) atoms. The zero-order chi connectivity index (χ0) is 10.4. The summed E-state index contributed by atoms with van der Waals surface area (Å²) in [6.07, 6.45) is 1.11. The number of carbonyl (C=O) groups is 1. The first-order valence-corrected chi connectivity index (χ1v) is 3.68. The van der Waals surface area contributed by atoms with E-state index < -0.39 is 16.6 Å². The maximum atomic E-state index is 11.0. The maximum Gasteiger partial charge on any atom is 0.411 e. The lowest BCUT2D eigenvalue weighted by atomic mass is 10.5. The van der Waals surface area contributed by atoms with Gasteiger partial charge >= 0.3 is 11.7 Å². The van der Waals surface area contributed by atoms with Crippen molar-refractivity contribution in [2.24, 2.45) is 0 Å². The van der Waals surface area contributed by atoms with E-state index in [1.165, 1.54) is 4.90 Å². The third kappa shape index (κ3) is 4.09. The van der Waals surface area contributed by atoms with Gasteiger partial charge in [0.25, 0.3) is 0 Å². The summed E-state index contributed by atoms with van der Waals surface area (Å²) < 4.78 is 4.49. The smallest absolute Gasteiger partial charge is 0.411 e. The van der Waals surface area contributed by atoms with Crippen LogP contribution in [0.1, 0.15) is 6.92 Å². The number of nitrogens with zero attached hydrogens (tertiary/aromatic N) is 2. The molecule has 0 aliphatic rings. The molecule has 0 bridgehead atoms. The molecule has 0 N–H and O–H groups in total. The second kappa shape index (κ2) is 5.13.